The van der Waals surface area contributed by atoms with Gasteiger partial charge in [-0.05, 0) is 73.4 Å². The summed E-state index contributed by atoms with van der Waals surface area (Å²) >= 11 is 1.27. The fourth-order valence-corrected chi connectivity index (χ4v) is 4.81. The summed E-state index contributed by atoms with van der Waals surface area (Å²) < 4.78 is 11.7. The molecule has 0 aliphatic carbocycles. The van der Waals surface area contributed by atoms with Crippen LogP contribution in [0.25, 0.3) is 6.08 Å². The minimum Gasteiger partial charge on any atom is -0.490 e. The Balaban J connectivity index is 1.54. The monoisotopic (exact) mass is 521 g/mol. The van der Waals surface area contributed by atoms with Crippen LogP contribution in [0.5, 0.6) is 11.5 Å². The molecule has 0 bridgehead atoms. The lowest BCUT2D eigenvalue weighted by molar-refractivity contribution is -0.384. The minimum absolute atomic E-state index is 0.0284. The van der Waals surface area contributed by atoms with Gasteiger partial charge < -0.3 is 9.47 Å². The molecule has 0 spiro atoms. The molecular weight excluding hydrogens is 494 g/mol. The number of ether oxygens (including phenoxy) is 2. The smallest absolute Gasteiger partial charge is 0.283 e. The number of nitro groups is 1. The number of amidine groups is 2. The fourth-order valence-electron chi connectivity index (χ4n) is 3.82. The first-order valence-electron chi connectivity index (χ1n) is 11.9. The van der Waals surface area contributed by atoms with Crippen molar-refractivity contribution in [3.05, 3.63) is 68.8 Å². The predicted molar refractivity (Wildman–Crippen MR) is 145 cm³/mol. The van der Waals surface area contributed by atoms with E-state index in [1.165, 1.54) is 46.6 Å². The summed E-state index contributed by atoms with van der Waals surface area (Å²) in [6.07, 6.45) is 3.88. The molecule has 2 aliphatic heterocycles. The number of aliphatic imine (C=N–C) groups is 1. The normalized spacial score (nSPS) is 16.0. The van der Waals surface area contributed by atoms with Crippen LogP contribution >= 0.6 is 11.8 Å². The molecule has 0 saturated heterocycles. The van der Waals surface area contributed by atoms with Gasteiger partial charge in [0.2, 0.25) is 5.17 Å². The topological polar surface area (TPSA) is 130 Å². The van der Waals surface area contributed by atoms with Crippen molar-refractivity contribution in [3.8, 4) is 11.5 Å². The van der Waals surface area contributed by atoms with Gasteiger partial charge in [0.1, 0.15) is 29.8 Å². The molecule has 2 heterocycles. The van der Waals surface area contributed by atoms with Gasteiger partial charge in [-0.3, -0.25) is 20.3 Å². The van der Waals surface area contributed by atoms with Gasteiger partial charge in [-0.15, -0.1) is 0 Å². The van der Waals surface area contributed by atoms with Crippen LogP contribution in [0.4, 0.5) is 5.69 Å². The van der Waals surface area contributed by atoms with Gasteiger partial charge in [-0.25, -0.2) is 0 Å². The number of carbonyl (C=O) groups is 1. The molecule has 10 nitrogen and oxygen atoms in total. The molecule has 192 valence electrons. The van der Waals surface area contributed by atoms with Gasteiger partial charge in [0.25, 0.3) is 11.6 Å². The molecule has 1 amide bonds. The maximum atomic E-state index is 12.8. The molecule has 2 aromatic carbocycles. The Morgan fingerprint density at radius 1 is 1.16 bits per heavy atom. The molecule has 1 N–H and O–H groups in total. The molecule has 0 saturated carbocycles. The first kappa shape index (κ1) is 26.1. The van der Waals surface area contributed by atoms with Gasteiger partial charge in [-0.1, -0.05) is 19.9 Å². The van der Waals surface area contributed by atoms with Crippen molar-refractivity contribution >= 4 is 45.5 Å². The third-order valence-electron chi connectivity index (χ3n) is 5.59. The van der Waals surface area contributed by atoms with Crippen LogP contribution in [0.15, 0.2) is 52.1 Å². The summed E-state index contributed by atoms with van der Waals surface area (Å²) in [5.74, 6) is 0.318. The van der Waals surface area contributed by atoms with E-state index in [2.05, 4.69) is 23.1 Å². The Hall–Kier alpha value is -3.99. The largest absolute Gasteiger partial charge is 0.490 e. The van der Waals surface area contributed by atoms with E-state index < -0.39 is 10.8 Å². The number of amides is 1. The third-order valence-corrected chi connectivity index (χ3v) is 6.56. The van der Waals surface area contributed by atoms with E-state index in [1.807, 2.05) is 26.0 Å². The van der Waals surface area contributed by atoms with Gasteiger partial charge in [0.15, 0.2) is 5.84 Å². The number of rotatable bonds is 10. The maximum Gasteiger partial charge on any atom is 0.283 e. The summed E-state index contributed by atoms with van der Waals surface area (Å²) in [5.41, 5.74) is 2.37. The Morgan fingerprint density at radius 2 is 1.95 bits per heavy atom. The zero-order chi connectivity index (χ0) is 26.5. The highest BCUT2D eigenvalue weighted by Crippen LogP contribution is 2.32. The zero-order valence-corrected chi connectivity index (χ0v) is 21.6. The van der Waals surface area contributed by atoms with Crippen molar-refractivity contribution in [2.75, 3.05) is 13.2 Å². The number of carbonyl (C=O) groups excluding carboxylic acids is 1. The lowest BCUT2D eigenvalue weighted by Gasteiger charge is -2.20. The number of aryl methyl sites for hydroxylation is 2. The second kappa shape index (κ2) is 11.4. The Labute approximate surface area is 218 Å². The number of nitrogens with zero attached hydrogens (tertiary/aromatic N) is 4. The number of benzene rings is 2. The lowest BCUT2D eigenvalue weighted by Crippen LogP contribution is -2.35. The molecule has 0 unspecified atom stereocenters. The van der Waals surface area contributed by atoms with Gasteiger partial charge in [0.05, 0.1) is 10.5 Å². The molecule has 0 fully saturated rings. The first-order chi connectivity index (χ1) is 17.8. The van der Waals surface area contributed by atoms with Crippen molar-refractivity contribution < 1.29 is 19.2 Å². The van der Waals surface area contributed by atoms with Crippen LogP contribution in [-0.2, 0) is 11.2 Å². The number of hydrogen-bond acceptors (Lipinski definition) is 8. The number of non-ortho nitro benzene ring substituents is 1. The van der Waals surface area contributed by atoms with Crippen molar-refractivity contribution in [1.29, 1.82) is 5.41 Å². The van der Waals surface area contributed by atoms with E-state index in [1.54, 1.807) is 0 Å². The average molecular weight is 522 g/mol. The fraction of sp³-hybridized carbons (Fsp3) is 0.308. The maximum absolute atomic E-state index is 12.8. The van der Waals surface area contributed by atoms with Gasteiger partial charge >= 0.3 is 0 Å². The first-order valence-corrected chi connectivity index (χ1v) is 12.7. The van der Waals surface area contributed by atoms with E-state index in [-0.39, 0.29) is 35.9 Å². The molecule has 0 atom stereocenters. The number of fused-ring (bicyclic) bond motifs is 1. The summed E-state index contributed by atoms with van der Waals surface area (Å²) in [6.45, 7) is 6.52. The van der Waals surface area contributed by atoms with E-state index >= 15 is 0 Å². The number of nitro benzene ring substituents is 1. The molecule has 11 heteroatoms. The molecule has 2 aromatic rings. The number of thioether (sulfide) groups is 1. The van der Waals surface area contributed by atoms with Crippen LogP contribution in [0.3, 0.4) is 0 Å². The van der Waals surface area contributed by atoms with E-state index in [4.69, 9.17) is 14.9 Å². The number of nitrogens with one attached hydrogen (secondary N) is 1. The van der Waals surface area contributed by atoms with E-state index in [9.17, 15) is 14.9 Å². The molecule has 37 heavy (non-hydrogen) atoms. The van der Waals surface area contributed by atoms with Gasteiger partial charge in [-0.2, -0.15) is 15.1 Å². The Kier molecular flexibility index (Phi) is 8.02. The molecule has 0 aromatic heterocycles. The third kappa shape index (κ3) is 6.05. The Morgan fingerprint density at radius 3 is 2.68 bits per heavy atom. The molecule has 2 aliphatic rings. The number of hydrogen-bond donors (Lipinski definition) is 1. The van der Waals surface area contributed by atoms with Crippen LogP contribution < -0.4 is 9.47 Å². The summed E-state index contributed by atoms with van der Waals surface area (Å²) in [7, 11) is 0. The predicted octanol–water partition coefficient (Wildman–Crippen LogP) is 5.34. The second-order valence-electron chi connectivity index (χ2n) is 8.45. The summed E-state index contributed by atoms with van der Waals surface area (Å²) in [5, 5.41) is 26.8. The van der Waals surface area contributed by atoms with Crippen LogP contribution in [0.2, 0.25) is 0 Å². The number of hydrazone groups is 1. The van der Waals surface area contributed by atoms with E-state index in [0.29, 0.717) is 17.3 Å². The summed E-state index contributed by atoms with van der Waals surface area (Å²) in [4.78, 5) is 27.7. The molecule has 4 rings (SSSR count). The van der Waals surface area contributed by atoms with Crippen molar-refractivity contribution in [2.24, 2.45) is 10.1 Å². The quantitative estimate of drug-likeness (QED) is 0.193. The van der Waals surface area contributed by atoms with Crippen LogP contribution in [0.1, 0.15) is 43.4 Å². The molecule has 0 radical (unpaired) electrons. The highest BCUT2D eigenvalue weighted by atomic mass is 32.2. The second-order valence-corrected chi connectivity index (χ2v) is 9.49. The van der Waals surface area contributed by atoms with Crippen LogP contribution in [0, 0.1) is 22.4 Å². The van der Waals surface area contributed by atoms with Crippen LogP contribution in [-0.4, -0.2) is 45.1 Å². The Bertz CT molecular complexity index is 1350. The van der Waals surface area contributed by atoms with Crippen molar-refractivity contribution in [1.82, 2.24) is 5.01 Å². The van der Waals surface area contributed by atoms with Gasteiger partial charge in [0, 0.05) is 17.7 Å². The standard InChI is InChI=1S/C26H27N5O5S/c1-4-6-23-29-30-24(27)21(25(32)28-26(30)37-23)15-18-14-19(31(33)34)7-8-22(18)36-10-9-35-20-12-16(3)11-17(5-2)13-20/h7-8,11-15,27H,4-6,9-10H2,1-3H3/b21-15-,27-24?. The highest BCUT2D eigenvalue weighted by molar-refractivity contribution is 8.26. The van der Waals surface area contributed by atoms with Crippen molar-refractivity contribution in [3.63, 3.8) is 0 Å². The SMILES string of the molecule is CCCC1=NN2C(=N)/C(=C/c3cc([N+](=O)[O-])ccc3OCCOc3cc(C)cc(CC)c3)C(=O)N=C2S1. The highest BCUT2D eigenvalue weighted by Gasteiger charge is 2.35. The lowest BCUT2D eigenvalue weighted by atomic mass is 10.1. The van der Waals surface area contributed by atoms with E-state index in [0.717, 1.165) is 29.2 Å². The summed E-state index contributed by atoms with van der Waals surface area (Å²) in [6, 6.07) is 10.1. The minimum atomic E-state index is -0.608. The zero-order valence-electron chi connectivity index (χ0n) is 20.8. The molecular formula is C26H27N5O5S. The average Bonchev–Trinajstić information content (AvgIpc) is 3.27. The van der Waals surface area contributed by atoms with Crippen molar-refractivity contribution in [2.45, 2.75) is 40.0 Å².